The second kappa shape index (κ2) is 5.62. The number of furan rings is 1. The first-order valence-corrected chi connectivity index (χ1v) is 7.50. The maximum atomic E-state index is 12.4. The van der Waals surface area contributed by atoms with Crippen molar-refractivity contribution < 1.29 is 9.21 Å². The lowest BCUT2D eigenvalue weighted by molar-refractivity contribution is 0.0539. The molecule has 2 heterocycles. The number of Topliss-reactive ketones (excluding diaryl/α,β-unsaturated/α-hetero) is 1. The van der Waals surface area contributed by atoms with Gasteiger partial charge < -0.3 is 4.42 Å². The molecule has 3 rings (SSSR count). The van der Waals surface area contributed by atoms with E-state index in [1.807, 2.05) is 30.3 Å². The van der Waals surface area contributed by atoms with Crippen molar-refractivity contribution >= 4 is 16.8 Å². The van der Waals surface area contributed by atoms with Crippen LogP contribution in [0.25, 0.3) is 11.0 Å². The molecule has 1 fully saturated rings. The van der Waals surface area contributed by atoms with Crippen molar-refractivity contribution in [1.29, 1.82) is 0 Å². The molecule has 0 bridgehead atoms. The highest BCUT2D eigenvalue weighted by molar-refractivity contribution is 5.98. The summed E-state index contributed by atoms with van der Waals surface area (Å²) in [7, 11) is 2.15. The van der Waals surface area contributed by atoms with E-state index in [0.29, 0.717) is 24.4 Å². The van der Waals surface area contributed by atoms with Crippen LogP contribution in [-0.2, 0) is 0 Å². The van der Waals surface area contributed by atoms with E-state index in [0.717, 1.165) is 24.1 Å². The predicted molar refractivity (Wildman–Crippen MR) is 83.7 cm³/mol. The van der Waals surface area contributed by atoms with Crippen molar-refractivity contribution in [3.63, 3.8) is 0 Å². The van der Waals surface area contributed by atoms with E-state index in [1.165, 1.54) is 0 Å². The van der Waals surface area contributed by atoms with Gasteiger partial charge in [-0.15, -0.1) is 0 Å². The lowest BCUT2D eigenvalue weighted by atomic mass is 10.1. The van der Waals surface area contributed by atoms with E-state index in [-0.39, 0.29) is 5.78 Å². The smallest absolute Gasteiger partial charge is 0.211 e. The van der Waals surface area contributed by atoms with Gasteiger partial charge in [0.15, 0.2) is 5.76 Å². The van der Waals surface area contributed by atoms with Crippen LogP contribution in [0.2, 0.25) is 0 Å². The van der Waals surface area contributed by atoms with Crippen LogP contribution in [0, 0.1) is 0 Å². The molecule has 2 aromatic rings. The minimum atomic E-state index is 0.0650. The van der Waals surface area contributed by atoms with Crippen LogP contribution in [0.15, 0.2) is 34.7 Å². The van der Waals surface area contributed by atoms with Gasteiger partial charge in [-0.3, -0.25) is 14.6 Å². The van der Waals surface area contributed by atoms with Crippen molar-refractivity contribution in [3.8, 4) is 0 Å². The predicted octanol–water partition coefficient (Wildman–Crippen LogP) is 2.64. The van der Waals surface area contributed by atoms with Crippen molar-refractivity contribution in [2.24, 2.45) is 0 Å². The summed E-state index contributed by atoms with van der Waals surface area (Å²) in [5.41, 5.74) is 0.779. The summed E-state index contributed by atoms with van der Waals surface area (Å²) in [5, 5.41) is 0.987. The molecule has 1 aromatic carbocycles. The summed E-state index contributed by atoms with van der Waals surface area (Å²) in [6.07, 6.45) is 0. The Morgan fingerprint density at radius 2 is 1.90 bits per heavy atom. The van der Waals surface area contributed by atoms with Gasteiger partial charge in [-0.25, -0.2) is 0 Å². The van der Waals surface area contributed by atoms with Crippen LogP contribution in [0.1, 0.15) is 24.4 Å². The number of likely N-dealkylation sites (N-methyl/N-ethyl adjacent to an activating group) is 1. The highest BCUT2D eigenvalue weighted by Crippen LogP contribution is 2.20. The van der Waals surface area contributed by atoms with Gasteiger partial charge >= 0.3 is 0 Å². The molecule has 1 aliphatic rings. The fourth-order valence-electron chi connectivity index (χ4n) is 3.04. The van der Waals surface area contributed by atoms with Crippen LogP contribution < -0.4 is 0 Å². The number of piperazine rings is 1. The number of para-hydroxylation sites is 1. The molecular formula is C17H22N2O2. The van der Waals surface area contributed by atoms with Crippen molar-refractivity contribution in [3.05, 3.63) is 36.1 Å². The Labute approximate surface area is 125 Å². The van der Waals surface area contributed by atoms with Gasteiger partial charge in [0.05, 0.1) is 6.54 Å². The van der Waals surface area contributed by atoms with E-state index in [1.54, 1.807) is 0 Å². The van der Waals surface area contributed by atoms with Crippen molar-refractivity contribution in [1.82, 2.24) is 9.80 Å². The standard InChI is InChI=1S/C17H22N2O2/c1-12-9-19(10-13(2)18(12)3)11-15(20)17-8-14-6-4-5-7-16(14)21-17/h4-8,12-13H,9-11H2,1-3H3. The molecule has 4 heteroatoms. The van der Waals surface area contributed by atoms with Crippen LogP contribution in [0.4, 0.5) is 0 Å². The van der Waals surface area contributed by atoms with Crippen LogP contribution >= 0.6 is 0 Å². The number of fused-ring (bicyclic) bond motifs is 1. The fraction of sp³-hybridized carbons (Fsp3) is 0.471. The highest BCUT2D eigenvalue weighted by Gasteiger charge is 2.28. The summed E-state index contributed by atoms with van der Waals surface area (Å²) >= 11 is 0. The Kier molecular flexibility index (Phi) is 3.83. The van der Waals surface area contributed by atoms with E-state index in [9.17, 15) is 4.79 Å². The first-order chi connectivity index (χ1) is 10.0. The third-order valence-electron chi connectivity index (χ3n) is 4.50. The number of rotatable bonds is 3. The molecule has 21 heavy (non-hydrogen) atoms. The largest absolute Gasteiger partial charge is 0.453 e. The van der Waals surface area contributed by atoms with Crippen LogP contribution in [0.5, 0.6) is 0 Å². The third-order valence-corrected chi connectivity index (χ3v) is 4.50. The van der Waals surface area contributed by atoms with E-state index < -0.39 is 0 Å². The number of hydrogen-bond acceptors (Lipinski definition) is 4. The number of carbonyl (C=O) groups excluding carboxylic acids is 1. The summed E-state index contributed by atoms with van der Waals surface area (Å²) in [5.74, 6) is 0.533. The van der Waals surface area contributed by atoms with E-state index >= 15 is 0 Å². The zero-order valence-corrected chi connectivity index (χ0v) is 12.9. The van der Waals surface area contributed by atoms with Gasteiger partial charge in [-0.05, 0) is 33.0 Å². The Morgan fingerprint density at radius 1 is 1.24 bits per heavy atom. The molecule has 4 nitrogen and oxygen atoms in total. The number of hydrogen-bond donors (Lipinski definition) is 0. The second-order valence-electron chi connectivity index (χ2n) is 6.13. The van der Waals surface area contributed by atoms with Crippen molar-refractivity contribution in [2.75, 3.05) is 26.7 Å². The maximum Gasteiger partial charge on any atom is 0.211 e. The minimum Gasteiger partial charge on any atom is -0.453 e. The fourth-order valence-corrected chi connectivity index (χ4v) is 3.04. The monoisotopic (exact) mass is 286 g/mol. The Morgan fingerprint density at radius 3 is 2.57 bits per heavy atom. The topological polar surface area (TPSA) is 36.7 Å². The van der Waals surface area contributed by atoms with Crippen molar-refractivity contribution in [2.45, 2.75) is 25.9 Å². The molecule has 1 aliphatic heterocycles. The van der Waals surface area contributed by atoms with Crippen LogP contribution in [0.3, 0.4) is 0 Å². The first kappa shape index (κ1) is 14.3. The molecule has 2 unspecified atom stereocenters. The number of nitrogens with zero attached hydrogens (tertiary/aromatic N) is 2. The molecule has 0 spiro atoms. The summed E-state index contributed by atoms with van der Waals surface area (Å²) in [6.45, 7) is 6.69. The molecule has 0 saturated carbocycles. The molecule has 0 N–H and O–H groups in total. The number of carbonyl (C=O) groups is 1. The molecule has 0 radical (unpaired) electrons. The Balaban J connectivity index is 1.71. The lowest BCUT2D eigenvalue weighted by Crippen LogP contribution is -2.55. The Bertz CT molecular complexity index is 604. The van der Waals surface area contributed by atoms with Crippen LogP contribution in [-0.4, -0.2) is 54.3 Å². The number of ketones is 1. The minimum absolute atomic E-state index is 0.0650. The normalized spacial score (nSPS) is 24.5. The summed E-state index contributed by atoms with van der Waals surface area (Å²) in [4.78, 5) is 17.0. The third kappa shape index (κ3) is 2.87. The van der Waals surface area contributed by atoms with Gasteiger partial charge in [-0.1, -0.05) is 18.2 Å². The second-order valence-corrected chi connectivity index (χ2v) is 6.13. The van der Waals surface area contributed by atoms with Gasteiger partial charge in [0.2, 0.25) is 5.78 Å². The first-order valence-electron chi connectivity index (χ1n) is 7.50. The molecular weight excluding hydrogens is 264 g/mol. The highest BCUT2D eigenvalue weighted by atomic mass is 16.3. The molecule has 1 saturated heterocycles. The SMILES string of the molecule is CC1CN(CC(=O)c2cc3ccccc3o2)CC(C)N1C. The average Bonchev–Trinajstić information content (AvgIpc) is 2.88. The molecule has 1 aromatic heterocycles. The van der Waals surface area contributed by atoms with Gasteiger partial charge in [0, 0.05) is 30.6 Å². The zero-order chi connectivity index (χ0) is 15.0. The Hall–Kier alpha value is -1.65. The van der Waals surface area contributed by atoms with Gasteiger partial charge in [-0.2, -0.15) is 0 Å². The van der Waals surface area contributed by atoms with Gasteiger partial charge in [0.25, 0.3) is 0 Å². The molecule has 2 atom stereocenters. The lowest BCUT2D eigenvalue weighted by Gasteiger charge is -2.42. The van der Waals surface area contributed by atoms with Gasteiger partial charge in [0.1, 0.15) is 5.58 Å². The molecule has 112 valence electrons. The van der Waals surface area contributed by atoms with E-state index in [4.69, 9.17) is 4.42 Å². The summed E-state index contributed by atoms with van der Waals surface area (Å²) in [6, 6.07) is 10.5. The maximum absolute atomic E-state index is 12.4. The average molecular weight is 286 g/mol. The molecule has 0 amide bonds. The molecule has 0 aliphatic carbocycles. The zero-order valence-electron chi connectivity index (χ0n) is 12.9. The van der Waals surface area contributed by atoms with E-state index in [2.05, 4.69) is 30.7 Å². The summed E-state index contributed by atoms with van der Waals surface area (Å²) < 4.78 is 5.66. The number of benzene rings is 1. The quantitative estimate of drug-likeness (QED) is 0.813.